The number of phenolic OH excluding ortho intramolecular Hbond substituents is 1. The lowest BCUT2D eigenvalue weighted by atomic mass is 10.1. The van der Waals surface area contributed by atoms with Gasteiger partial charge >= 0.3 is 0 Å². The number of thioether (sulfide) groups is 1. The number of fused-ring (bicyclic) bond motifs is 1. The summed E-state index contributed by atoms with van der Waals surface area (Å²) in [6.45, 7) is 0.683. The fourth-order valence-electron chi connectivity index (χ4n) is 2.49. The number of hydrogen-bond acceptors (Lipinski definition) is 4. The van der Waals surface area contributed by atoms with E-state index >= 15 is 0 Å². The van der Waals surface area contributed by atoms with Gasteiger partial charge in [0, 0.05) is 17.7 Å². The molecule has 1 fully saturated rings. The Morgan fingerprint density at radius 2 is 2.12 bits per heavy atom. The average molecular weight is 251 g/mol. The number of benzene rings is 1. The number of ether oxygens (including phenoxy) is 1. The molecule has 1 unspecified atom stereocenters. The predicted octanol–water partition coefficient (Wildman–Crippen LogP) is 2.31. The molecule has 1 saturated heterocycles. The Kier molecular flexibility index (Phi) is 3.16. The van der Waals surface area contributed by atoms with E-state index in [2.05, 4.69) is 5.32 Å². The van der Waals surface area contributed by atoms with Gasteiger partial charge in [-0.2, -0.15) is 11.8 Å². The van der Waals surface area contributed by atoms with Crippen LogP contribution < -0.4 is 10.1 Å². The second-order valence-corrected chi connectivity index (χ2v) is 5.86. The molecule has 0 radical (unpaired) electrons. The van der Waals surface area contributed by atoms with E-state index in [-0.39, 0.29) is 5.75 Å². The molecular weight excluding hydrogens is 234 g/mol. The van der Waals surface area contributed by atoms with Gasteiger partial charge in [-0.05, 0) is 36.5 Å². The van der Waals surface area contributed by atoms with Gasteiger partial charge in [-0.3, -0.25) is 0 Å². The van der Waals surface area contributed by atoms with Gasteiger partial charge in [-0.25, -0.2) is 0 Å². The van der Waals surface area contributed by atoms with Gasteiger partial charge < -0.3 is 15.2 Å². The van der Waals surface area contributed by atoms with Crippen molar-refractivity contribution >= 4 is 11.8 Å². The van der Waals surface area contributed by atoms with Crippen LogP contribution in [0.2, 0.25) is 0 Å². The summed E-state index contributed by atoms with van der Waals surface area (Å²) in [7, 11) is 0. The molecule has 17 heavy (non-hydrogen) atoms. The first-order valence-electron chi connectivity index (χ1n) is 6.12. The first-order valence-corrected chi connectivity index (χ1v) is 7.28. The van der Waals surface area contributed by atoms with E-state index < -0.39 is 0 Å². The Hall–Kier alpha value is -0.870. The van der Waals surface area contributed by atoms with Crippen molar-refractivity contribution in [2.75, 3.05) is 18.1 Å². The van der Waals surface area contributed by atoms with E-state index in [1.54, 1.807) is 12.1 Å². The van der Waals surface area contributed by atoms with Gasteiger partial charge in [0.25, 0.3) is 0 Å². The maximum absolute atomic E-state index is 9.40. The predicted molar refractivity (Wildman–Crippen MR) is 69.8 cm³/mol. The summed E-state index contributed by atoms with van der Waals surface area (Å²) in [6, 6.07) is 6.31. The number of nitrogens with one attached hydrogen (secondary N) is 1. The van der Waals surface area contributed by atoms with E-state index in [1.807, 2.05) is 17.8 Å². The van der Waals surface area contributed by atoms with Crippen LogP contribution in [-0.2, 0) is 0 Å². The molecular formula is C13H17NO2S. The number of aromatic hydroxyl groups is 1. The highest BCUT2D eigenvalue weighted by atomic mass is 32.2. The highest BCUT2D eigenvalue weighted by Gasteiger charge is 2.27. The maximum atomic E-state index is 9.40. The van der Waals surface area contributed by atoms with Crippen molar-refractivity contribution in [3.05, 3.63) is 23.8 Å². The van der Waals surface area contributed by atoms with Gasteiger partial charge in [0.15, 0.2) is 0 Å². The smallest absolute Gasteiger partial charge is 0.127 e. The quantitative estimate of drug-likeness (QED) is 0.846. The molecule has 2 aliphatic rings. The molecule has 3 nitrogen and oxygen atoms in total. The Balaban J connectivity index is 1.70. The summed E-state index contributed by atoms with van der Waals surface area (Å²) in [6.07, 6.45) is 2.49. The average Bonchev–Trinajstić information content (AvgIpc) is 2.73. The van der Waals surface area contributed by atoms with Crippen molar-refractivity contribution < 1.29 is 9.84 Å². The molecule has 0 aliphatic carbocycles. The van der Waals surface area contributed by atoms with Gasteiger partial charge in [0.1, 0.15) is 18.1 Å². The van der Waals surface area contributed by atoms with Gasteiger partial charge in [-0.15, -0.1) is 0 Å². The molecule has 0 aromatic heterocycles. The largest absolute Gasteiger partial charge is 0.508 e. The van der Waals surface area contributed by atoms with Crippen LogP contribution in [-0.4, -0.2) is 29.3 Å². The van der Waals surface area contributed by atoms with E-state index in [9.17, 15) is 5.11 Å². The lowest BCUT2D eigenvalue weighted by Gasteiger charge is -2.25. The molecule has 0 bridgehead atoms. The number of phenols is 1. The summed E-state index contributed by atoms with van der Waals surface area (Å²) in [5.41, 5.74) is 1.18. The summed E-state index contributed by atoms with van der Waals surface area (Å²) >= 11 is 2.04. The Morgan fingerprint density at radius 3 is 2.94 bits per heavy atom. The highest BCUT2D eigenvalue weighted by molar-refractivity contribution is 7.99. The first kappa shape index (κ1) is 11.2. The Morgan fingerprint density at radius 1 is 1.29 bits per heavy atom. The zero-order chi connectivity index (χ0) is 11.7. The highest BCUT2D eigenvalue weighted by Crippen LogP contribution is 2.35. The lowest BCUT2D eigenvalue weighted by molar-refractivity contribution is 0.292. The fourth-order valence-corrected chi connectivity index (χ4v) is 3.59. The Labute approximate surface area is 106 Å². The standard InChI is InChI=1S/C13H17NO2S/c15-10-1-2-11-12(8-16-13(11)7-10)14-9-3-5-17-6-4-9/h1-2,7,9,12,14-15H,3-6,8H2. The molecule has 2 heterocycles. The van der Waals surface area contributed by atoms with Crippen LogP contribution >= 0.6 is 11.8 Å². The fraction of sp³-hybridized carbons (Fsp3) is 0.538. The summed E-state index contributed by atoms with van der Waals surface area (Å²) in [5, 5.41) is 13.1. The van der Waals surface area contributed by atoms with Crippen LogP contribution in [0.25, 0.3) is 0 Å². The summed E-state index contributed by atoms with van der Waals surface area (Å²) in [5.74, 6) is 3.62. The third-order valence-electron chi connectivity index (χ3n) is 3.44. The molecule has 1 atom stereocenters. The van der Waals surface area contributed by atoms with Crippen molar-refractivity contribution in [1.82, 2.24) is 5.32 Å². The third-order valence-corrected chi connectivity index (χ3v) is 4.49. The molecule has 0 saturated carbocycles. The Bertz CT molecular complexity index is 404. The van der Waals surface area contributed by atoms with Gasteiger partial charge in [0.05, 0.1) is 6.04 Å². The molecule has 2 aliphatic heterocycles. The molecule has 2 N–H and O–H groups in total. The normalized spacial score (nSPS) is 24.4. The monoisotopic (exact) mass is 251 g/mol. The second kappa shape index (κ2) is 4.78. The molecule has 1 aromatic rings. The minimum atomic E-state index is 0.276. The lowest BCUT2D eigenvalue weighted by Crippen LogP contribution is -2.36. The molecule has 3 rings (SSSR count). The van der Waals surface area contributed by atoms with Crippen LogP contribution in [0, 0.1) is 0 Å². The second-order valence-electron chi connectivity index (χ2n) is 4.64. The summed E-state index contributed by atoms with van der Waals surface area (Å²) in [4.78, 5) is 0. The van der Waals surface area contributed by atoms with Crippen molar-refractivity contribution in [1.29, 1.82) is 0 Å². The van der Waals surface area contributed by atoms with Crippen LogP contribution in [0.4, 0.5) is 0 Å². The SMILES string of the molecule is Oc1ccc2c(c1)OCC2NC1CCSCC1. The molecule has 0 spiro atoms. The molecule has 1 aromatic carbocycles. The number of hydrogen-bond donors (Lipinski definition) is 2. The first-order chi connectivity index (χ1) is 8.33. The molecule has 4 heteroatoms. The minimum Gasteiger partial charge on any atom is -0.508 e. The summed E-state index contributed by atoms with van der Waals surface area (Å²) < 4.78 is 5.61. The van der Waals surface area contributed by atoms with E-state index in [1.165, 1.54) is 29.9 Å². The van der Waals surface area contributed by atoms with Gasteiger partial charge in [-0.1, -0.05) is 0 Å². The van der Waals surface area contributed by atoms with Crippen LogP contribution in [0.3, 0.4) is 0 Å². The van der Waals surface area contributed by atoms with Crippen molar-refractivity contribution in [3.63, 3.8) is 0 Å². The zero-order valence-electron chi connectivity index (χ0n) is 9.69. The number of rotatable bonds is 2. The van der Waals surface area contributed by atoms with E-state index in [0.717, 1.165) is 5.75 Å². The van der Waals surface area contributed by atoms with E-state index in [0.29, 0.717) is 18.7 Å². The molecule has 92 valence electrons. The van der Waals surface area contributed by atoms with Crippen molar-refractivity contribution in [2.45, 2.75) is 24.9 Å². The van der Waals surface area contributed by atoms with Crippen LogP contribution in [0.15, 0.2) is 18.2 Å². The molecule has 0 amide bonds. The minimum absolute atomic E-state index is 0.276. The topological polar surface area (TPSA) is 41.5 Å². The van der Waals surface area contributed by atoms with Crippen LogP contribution in [0.1, 0.15) is 24.4 Å². The maximum Gasteiger partial charge on any atom is 0.127 e. The van der Waals surface area contributed by atoms with Crippen molar-refractivity contribution in [2.24, 2.45) is 0 Å². The van der Waals surface area contributed by atoms with Gasteiger partial charge in [0.2, 0.25) is 0 Å². The zero-order valence-corrected chi connectivity index (χ0v) is 10.5. The van der Waals surface area contributed by atoms with Crippen LogP contribution in [0.5, 0.6) is 11.5 Å². The van der Waals surface area contributed by atoms with Crippen molar-refractivity contribution in [3.8, 4) is 11.5 Å². The van der Waals surface area contributed by atoms with E-state index in [4.69, 9.17) is 4.74 Å². The third kappa shape index (κ3) is 2.38.